The second-order valence-corrected chi connectivity index (χ2v) is 5.28. The fraction of sp³-hybridized carbons (Fsp3) is 0.500. The maximum absolute atomic E-state index is 11.9. The summed E-state index contributed by atoms with van der Waals surface area (Å²) in [5, 5.41) is 0.723. The number of hydrogen-bond acceptors (Lipinski definition) is 3. The smallest absolute Gasteiger partial charge is 0.310 e. The van der Waals surface area contributed by atoms with Crippen molar-refractivity contribution in [2.75, 3.05) is 27.2 Å². The zero-order valence-corrected chi connectivity index (χ0v) is 12.7. The molecule has 0 N–H and O–H groups in total. The topological polar surface area (TPSA) is 29.5 Å². The number of piperidine rings is 1. The summed E-state index contributed by atoms with van der Waals surface area (Å²) < 4.78 is 4.92. The van der Waals surface area contributed by atoms with Gasteiger partial charge in [-0.15, -0.1) is 12.4 Å². The number of esters is 1. The van der Waals surface area contributed by atoms with E-state index in [4.69, 9.17) is 16.3 Å². The Balaban J connectivity index is 0.00000180. The second-order valence-electron chi connectivity index (χ2n) is 4.84. The van der Waals surface area contributed by atoms with Crippen molar-refractivity contribution in [1.82, 2.24) is 4.90 Å². The van der Waals surface area contributed by atoms with Crippen molar-refractivity contribution in [3.8, 4) is 0 Å². The SMILES string of the molecule is COC(=O)[C@H]1CN(C)CC[C@@H]1c1ccc(Cl)cc1.Cl. The van der Waals surface area contributed by atoms with Crippen LogP contribution in [-0.2, 0) is 9.53 Å². The molecule has 0 bridgehead atoms. The summed E-state index contributed by atoms with van der Waals surface area (Å²) >= 11 is 5.90. The first-order valence-corrected chi connectivity index (χ1v) is 6.51. The molecular formula is C14H19Cl2NO2. The van der Waals surface area contributed by atoms with Crippen molar-refractivity contribution < 1.29 is 9.53 Å². The van der Waals surface area contributed by atoms with Gasteiger partial charge in [-0.05, 0) is 43.6 Å². The van der Waals surface area contributed by atoms with Crippen molar-refractivity contribution in [2.24, 2.45) is 5.92 Å². The molecule has 1 fully saturated rings. The Morgan fingerprint density at radius 1 is 1.37 bits per heavy atom. The Bertz CT molecular complexity index is 422. The van der Waals surface area contributed by atoms with Gasteiger partial charge < -0.3 is 9.64 Å². The van der Waals surface area contributed by atoms with E-state index in [9.17, 15) is 4.79 Å². The molecule has 0 spiro atoms. The zero-order valence-electron chi connectivity index (χ0n) is 11.1. The number of halogens is 2. The number of nitrogens with zero attached hydrogens (tertiary/aromatic N) is 1. The highest BCUT2D eigenvalue weighted by atomic mass is 35.5. The molecule has 1 aromatic rings. The monoisotopic (exact) mass is 303 g/mol. The van der Waals surface area contributed by atoms with Gasteiger partial charge in [-0.3, -0.25) is 4.79 Å². The minimum atomic E-state index is -0.124. The molecule has 5 heteroatoms. The summed E-state index contributed by atoms with van der Waals surface area (Å²) in [6.45, 7) is 1.75. The van der Waals surface area contributed by atoms with Crippen LogP contribution in [0.1, 0.15) is 17.9 Å². The first kappa shape index (κ1) is 16.3. The number of methoxy groups -OCH3 is 1. The summed E-state index contributed by atoms with van der Waals surface area (Å²) in [6, 6.07) is 7.77. The van der Waals surface area contributed by atoms with Gasteiger partial charge in [-0.1, -0.05) is 23.7 Å². The highest BCUT2D eigenvalue weighted by Crippen LogP contribution is 2.33. The minimum Gasteiger partial charge on any atom is -0.469 e. The highest BCUT2D eigenvalue weighted by molar-refractivity contribution is 6.30. The summed E-state index contributed by atoms with van der Waals surface area (Å²) in [4.78, 5) is 14.1. The van der Waals surface area contributed by atoms with Crippen molar-refractivity contribution in [1.29, 1.82) is 0 Å². The Labute approximate surface area is 125 Å². The fourth-order valence-electron chi connectivity index (χ4n) is 2.61. The molecule has 1 aliphatic heterocycles. The van der Waals surface area contributed by atoms with Gasteiger partial charge in [0, 0.05) is 11.6 Å². The molecule has 1 aromatic carbocycles. The number of ether oxygens (including phenoxy) is 1. The molecule has 19 heavy (non-hydrogen) atoms. The van der Waals surface area contributed by atoms with E-state index in [1.807, 2.05) is 31.3 Å². The lowest BCUT2D eigenvalue weighted by Gasteiger charge is -2.35. The van der Waals surface area contributed by atoms with E-state index in [-0.39, 0.29) is 30.2 Å². The van der Waals surface area contributed by atoms with Gasteiger partial charge in [0.1, 0.15) is 0 Å². The van der Waals surface area contributed by atoms with Crippen LogP contribution in [0.3, 0.4) is 0 Å². The van der Waals surface area contributed by atoms with E-state index in [2.05, 4.69) is 4.90 Å². The summed E-state index contributed by atoms with van der Waals surface area (Å²) in [5.74, 6) is 0.0161. The number of carbonyl (C=O) groups excluding carboxylic acids is 1. The third kappa shape index (κ3) is 3.85. The average Bonchev–Trinajstić information content (AvgIpc) is 2.39. The molecule has 0 saturated carbocycles. The molecule has 1 saturated heterocycles. The maximum Gasteiger partial charge on any atom is 0.310 e. The normalized spacial score (nSPS) is 23.5. The number of likely N-dealkylation sites (tertiary alicyclic amines) is 1. The number of rotatable bonds is 2. The van der Waals surface area contributed by atoms with E-state index >= 15 is 0 Å². The molecule has 1 heterocycles. The molecule has 106 valence electrons. The molecule has 0 amide bonds. The number of hydrogen-bond donors (Lipinski definition) is 0. The van der Waals surface area contributed by atoms with E-state index in [0.717, 1.165) is 24.5 Å². The van der Waals surface area contributed by atoms with Gasteiger partial charge in [-0.2, -0.15) is 0 Å². The maximum atomic E-state index is 11.9. The molecule has 1 aliphatic rings. The summed E-state index contributed by atoms with van der Waals surface area (Å²) in [7, 11) is 3.49. The van der Waals surface area contributed by atoms with Crippen molar-refractivity contribution in [3.05, 3.63) is 34.9 Å². The van der Waals surface area contributed by atoms with Crippen LogP contribution in [0.2, 0.25) is 5.02 Å². The van der Waals surface area contributed by atoms with Crippen LogP contribution in [-0.4, -0.2) is 38.1 Å². The first-order chi connectivity index (χ1) is 8.61. The van der Waals surface area contributed by atoms with Crippen LogP contribution < -0.4 is 0 Å². The van der Waals surface area contributed by atoms with Crippen molar-refractivity contribution in [3.63, 3.8) is 0 Å². The van der Waals surface area contributed by atoms with E-state index in [1.54, 1.807) is 0 Å². The molecular weight excluding hydrogens is 285 g/mol. The molecule has 0 aromatic heterocycles. The first-order valence-electron chi connectivity index (χ1n) is 6.13. The van der Waals surface area contributed by atoms with E-state index in [0.29, 0.717) is 0 Å². The lowest BCUT2D eigenvalue weighted by molar-refractivity contribution is -0.148. The Kier molecular flexibility index (Phi) is 6.11. The van der Waals surface area contributed by atoms with Gasteiger partial charge in [0.15, 0.2) is 0 Å². The number of carbonyl (C=O) groups is 1. The Hall–Kier alpha value is -0.770. The predicted molar refractivity (Wildman–Crippen MR) is 79.1 cm³/mol. The molecule has 0 radical (unpaired) electrons. The Morgan fingerprint density at radius 2 is 2.00 bits per heavy atom. The number of benzene rings is 1. The van der Waals surface area contributed by atoms with Crippen LogP contribution >= 0.6 is 24.0 Å². The van der Waals surface area contributed by atoms with Gasteiger partial charge in [0.2, 0.25) is 0 Å². The van der Waals surface area contributed by atoms with Gasteiger partial charge in [0.25, 0.3) is 0 Å². The standard InChI is InChI=1S/C14H18ClNO2.ClH/c1-16-8-7-12(13(9-16)14(17)18-2)10-3-5-11(15)6-4-10;/h3-6,12-13H,7-9H2,1-2H3;1H/t12-,13+;/m1./s1. The molecule has 0 aliphatic carbocycles. The lowest BCUT2D eigenvalue weighted by Crippen LogP contribution is -2.41. The third-order valence-corrected chi connectivity index (χ3v) is 3.87. The van der Waals surface area contributed by atoms with Crippen LogP contribution in [0.5, 0.6) is 0 Å². The minimum absolute atomic E-state index is 0. The summed E-state index contributed by atoms with van der Waals surface area (Å²) in [5.41, 5.74) is 1.17. The van der Waals surface area contributed by atoms with Crippen LogP contribution in [0, 0.1) is 5.92 Å². The van der Waals surface area contributed by atoms with Crippen LogP contribution in [0.25, 0.3) is 0 Å². The molecule has 2 rings (SSSR count). The third-order valence-electron chi connectivity index (χ3n) is 3.62. The Morgan fingerprint density at radius 3 is 2.58 bits per heavy atom. The molecule has 3 nitrogen and oxygen atoms in total. The van der Waals surface area contributed by atoms with Crippen LogP contribution in [0.4, 0.5) is 0 Å². The zero-order chi connectivity index (χ0) is 13.1. The van der Waals surface area contributed by atoms with Gasteiger partial charge in [0.05, 0.1) is 13.0 Å². The predicted octanol–water partition coefficient (Wildman–Crippen LogP) is 2.97. The van der Waals surface area contributed by atoms with Crippen molar-refractivity contribution >= 4 is 30.0 Å². The largest absolute Gasteiger partial charge is 0.469 e. The summed E-state index contributed by atoms with van der Waals surface area (Å²) in [6.07, 6.45) is 0.970. The average molecular weight is 304 g/mol. The van der Waals surface area contributed by atoms with Crippen LogP contribution in [0.15, 0.2) is 24.3 Å². The van der Waals surface area contributed by atoms with Crippen molar-refractivity contribution in [2.45, 2.75) is 12.3 Å². The highest BCUT2D eigenvalue weighted by Gasteiger charge is 2.34. The van der Waals surface area contributed by atoms with Gasteiger partial charge in [-0.25, -0.2) is 0 Å². The molecule has 2 atom stereocenters. The van der Waals surface area contributed by atoms with E-state index in [1.165, 1.54) is 12.7 Å². The van der Waals surface area contributed by atoms with E-state index < -0.39 is 0 Å². The fourth-order valence-corrected chi connectivity index (χ4v) is 2.74. The quantitative estimate of drug-likeness (QED) is 0.787. The van der Waals surface area contributed by atoms with Gasteiger partial charge >= 0.3 is 5.97 Å². The lowest BCUT2D eigenvalue weighted by atomic mass is 9.80. The molecule has 0 unspecified atom stereocenters. The second kappa shape index (κ2) is 7.13.